The largest absolute Gasteiger partial charge is 0.322 e. The molecule has 136 valence electrons. The van der Waals surface area contributed by atoms with E-state index in [0.29, 0.717) is 5.16 Å². The standard InChI is InChI=1S/C17H21N7OS/c1-10-8-6-7-9-14(10)24-17(19-21-22-24)26-13(4)16(25)18-15-11(2)20-23(5)12(15)3/h6-9,13H,1-5H3,(H,18,25)/t13-/m0/s1. The van der Waals surface area contributed by atoms with Gasteiger partial charge in [-0.1, -0.05) is 30.0 Å². The van der Waals surface area contributed by atoms with Gasteiger partial charge in [-0.2, -0.15) is 9.78 Å². The Morgan fingerprint density at radius 2 is 1.96 bits per heavy atom. The summed E-state index contributed by atoms with van der Waals surface area (Å²) in [5.74, 6) is -0.117. The molecule has 3 rings (SSSR count). The lowest BCUT2D eigenvalue weighted by Crippen LogP contribution is -2.23. The number of amides is 1. The van der Waals surface area contributed by atoms with Crippen LogP contribution in [0.3, 0.4) is 0 Å². The van der Waals surface area contributed by atoms with E-state index in [9.17, 15) is 4.79 Å². The van der Waals surface area contributed by atoms with E-state index in [1.54, 1.807) is 9.36 Å². The summed E-state index contributed by atoms with van der Waals surface area (Å²) in [6, 6.07) is 7.84. The first-order chi connectivity index (χ1) is 12.4. The smallest absolute Gasteiger partial charge is 0.237 e. The average molecular weight is 371 g/mol. The molecule has 8 nitrogen and oxygen atoms in total. The van der Waals surface area contributed by atoms with Gasteiger partial charge in [0, 0.05) is 7.05 Å². The first-order valence-electron chi connectivity index (χ1n) is 8.20. The van der Waals surface area contributed by atoms with E-state index in [1.807, 2.05) is 59.0 Å². The van der Waals surface area contributed by atoms with Crippen molar-refractivity contribution < 1.29 is 4.79 Å². The lowest BCUT2D eigenvalue weighted by Gasteiger charge is -2.12. The Labute approximate surface area is 156 Å². The molecule has 9 heteroatoms. The second kappa shape index (κ2) is 7.28. The van der Waals surface area contributed by atoms with Crippen LogP contribution in [0, 0.1) is 20.8 Å². The molecule has 0 fully saturated rings. The number of hydrogen-bond donors (Lipinski definition) is 1. The number of hydrogen-bond acceptors (Lipinski definition) is 6. The van der Waals surface area contributed by atoms with Crippen molar-refractivity contribution in [1.29, 1.82) is 0 Å². The Morgan fingerprint density at radius 3 is 2.62 bits per heavy atom. The van der Waals surface area contributed by atoms with Crippen LogP contribution in [0.5, 0.6) is 0 Å². The third-order valence-electron chi connectivity index (χ3n) is 4.19. The minimum atomic E-state index is -0.372. The summed E-state index contributed by atoms with van der Waals surface area (Å²) in [6.07, 6.45) is 0. The Kier molecular flexibility index (Phi) is 5.08. The Balaban J connectivity index is 1.77. The van der Waals surface area contributed by atoms with Gasteiger partial charge in [-0.05, 0) is 49.8 Å². The minimum Gasteiger partial charge on any atom is -0.322 e. The topological polar surface area (TPSA) is 90.5 Å². The quantitative estimate of drug-likeness (QED) is 0.693. The Hall–Kier alpha value is -2.68. The molecule has 1 amide bonds. The van der Waals surface area contributed by atoms with Gasteiger partial charge in [-0.25, -0.2) is 0 Å². The van der Waals surface area contributed by atoms with Gasteiger partial charge in [0.05, 0.1) is 28.0 Å². The molecule has 0 saturated carbocycles. The Morgan fingerprint density at radius 1 is 1.23 bits per heavy atom. The highest BCUT2D eigenvalue weighted by atomic mass is 32.2. The molecule has 2 aromatic heterocycles. The maximum atomic E-state index is 12.6. The number of thioether (sulfide) groups is 1. The number of carbonyl (C=O) groups excluding carboxylic acids is 1. The summed E-state index contributed by atoms with van der Waals surface area (Å²) < 4.78 is 3.41. The number of anilines is 1. The molecule has 0 saturated heterocycles. The summed E-state index contributed by atoms with van der Waals surface area (Å²) in [4.78, 5) is 12.6. The lowest BCUT2D eigenvalue weighted by molar-refractivity contribution is -0.115. The molecule has 0 spiro atoms. The number of aromatic nitrogens is 6. The number of nitrogens with zero attached hydrogens (tertiary/aromatic N) is 6. The molecule has 1 atom stereocenters. The van der Waals surface area contributed by atoms with E-state index in [0.717, 1.165) is 28.3 Å². The van der Waals surface area contributed by atoms with Gasteiger partial charge in [0.15, 0.2) is 0 Å². The average Bonchev–Trinajstić information content (AvgIpc) is 3.15. The van der Waals surface area contributed by atoms with Crippen LogP contribution < -0.4 is 5.32 Å². The van der Waals surface area contributed by atoms with Gasteiger partial charge in [0.1, 0.15) is 0 Å². The van der Waals surface area contributed by atoms with Crippen LogP contribution in [0.25, 0.3) is 5.69 Å². The molecule has 3 aromatic rings. The maximum Gasteiger partial charge on any atom is 0.237 e. The van der Waals surface area contributed by atoms with E-state index >= 15 is 0 Å². The fourth-order valence-electron chi connectivity index (χ4n) is 2.60. The van der Waals surface area contributed by atoms with Crippen LogP contribution in [0.15, 0.2) is 29.4 Å². The molecule has 2 heterocycles. The summed E-state index contributed by atoms with van der Waals surface area (Å²) in [5.41, 5.74) is 4.41. The highest BCUT2D eigenvalue weighted by Gasteiger charge is 2.22. The SMILES string of the molecule is Cc1ccccc1-n1nnnc1S[C@@H](C)C(=O)Nc1c(C)nn(C)c1C. The van der Waals surface area contributed by atoms with Gasteiger partial charge in [0.2, 0.25) is 11.1 Å². The number of nitrogens with one attached hydrogen (secondary N) is 1. The molecule has 0 radical (unpaired) electrons. The maximum absolute atomic E-state index is 12.6. The van der Waals surface area contributed by atoms with Crippen molar-refractivity contribution in [2.45, 2.75) is 38.1 Å². The van der Waals surface area contributed by atoms with Crippen LogP contribution in [0.1, 0.15) is 23.9 Å². The van der Waals surface area contributed by atoms with Crippen LogP contribution in [-0.2, 0) is 11.8 Å². The van der Waals surface area contributed by atoms with Crippen molar-refractivity contribution in [3.63, 3.8) is 0 Å². The molecule has 26 heavy (non-hydrogen) atoms. The van der Waals surface area contributed by atoms with Crippen molar-refractivity contribution in [3.8, 4) is 5.69 Å². The summed E-state index contributed by atoms with van der Waals surface area (Å²) in [6.45, 7) is 7.62. The summed E-state index contributed by atoms with van der Waals surface area (Å²) in [5, 5.41) is 19.4. The lowest BCUT2D eigenvalue weighted by atomic mass is 10.2. The second-order valence-electron chi connectivity index (χ2n) is 6.08. The van der Waals surface area contributed by atoms with Crippen molar-refractivity contribution in [2.24, 2.45) is 7.05 Å². The number of tetrazole rings is 1. The molecule has 0 unspecified atom stereocenters. The molecule has 0 aliphatic heterocycles. The minimum absolute atomic E-state index is 0.117. The number of carbonyl (C=O) groups is 1. The van der Waals surface area contributed by atoms with Crippen molar-refractivity contribution in [3.05, 3.63) is 41.2 Å². The highest BCUT2D eigenvalue weighted by molar-refractivity contribution is 8.00. The summed E-state index contributed by atoms with van der Waals surface area (Å²) in [7, 11) is 1.85. The van der Waals surface area contributed by atoms with Crippen molar-refractivity contribution >= 4 is 23.4 Å². The van der Waals surface area contributed by atoms with Crippen LogP contribution >= 0.6 is 11.8 Å². The zero-order chi connectivity index (χ0) is 18.8. The second-order valence-corrected chi connectivity index (χ2v) is 7.39. The summed E-state index contributed by atoms with van der Waals surface area (Å²) >= 11 is 1.31. The molecular weight excluding hydrogens is 350 g/mol. The van der Waals surface area contributed by atoms with Gasteiger partial charge in [-0.15, -0.1) is 5.10 Å². The van der Waals surface area contributed by atoms with Gasteiger partial charge in [-0.3, -0.25) is 9.48 Å². The fourth-order valence-corrected chi connectivity index (χ4v) is 3.40. The molecule has 1 aromatic carbocycles. The molecular formula is C17H21N7OS. The molecule has 0 bridgehead atoms. The number of benzene rings is 1. The van der Waals surface area contributed by atoms with E-state index in [4.69, 9.17) is 0 Å². The van der Waals surface area contributed by atoms with Crippen molar-refractivity contribution in [1.82, 2.24) is 30.0 Å². The van der Waals surface area contributed by atoms with E-state index < -0.39 is 0 Å². The third kappa shape index (κ3) is 3.48. The fraction of sp³-hybridized carbons (Fsp3) is 0.353. The van der Waals surface area contributed by atoms with Crippen LogP contribution in [0.2, 0.25) is 0 Å². The zero-order valence-electron chi connectivity index (χ0n) is 15.4. The van der Waals surface area contributed by atoms with E-state index in [2.05, 4.69) is 25.9 Å². The first-order valence-corrected chi connectivity index (χ1v) is 9.08. The van der Waals surface area contributed by atoms with Crippen LogP contribution in [0.4, 0.5) is 5.69 Å². The first kappa shape index (κ1) is 18.1. The van der Waals surface area contributed by atoms with E-state index in [1.165, 1.54) is 11.8 Å². The highest BCUT2D eigenvalue weighted by Crippen LogP contribution is 2.26. The number of rotatable bonds is 5. The van der Waals surface area contributed by atoms with Crippen molar-refractivity contribution in [2.75, 3.05) is 5.32 Å². The monoisotopic (exact) mass is 371 g/mol. The van der Waals surface area contributed by atoms with Gasteiger partial charge < -0.3 is 5.32 Å². The van der Waals surface area contributed by atoms with E-state index in [-0.39, 0.29) is 11.2 Å². The molecule has 1 N–H and O–H groups in total. The predicted molar refractivity (Wildman–Crippen MR) is 101 cm³/mol. The molecule has 0 aliphatic carbocycles. The van der Waals surface area contributed by atoms with Gasteiger partial charge in [0.25, 0.3) is 0 Å². The van der Waals surface area contributed by atoms with Gasteiger partial charge >= 0.3 is 0 Å². The Bertz CT molecular complexity index is 946. The predicted octanol–water partition coefficient (Wildman–Crippen LogP) is 2.44. The zero-order valence-corrected chi connectivity index (χ0v) is 16.2. The van der Waals surface area contributed by atoms with Crippen LogP contribution in [-0.4, -0.2) is 41.1 Å². The number of para-hydroxylation sites is 1. The molecule has 0 aliphatic rings. The third-order valence-corrected chi connectivity index (χ3v) is 5.23. The normalized spacial score (nSPS) is 12.2. The number of aryl methyl sites for hydroxylation is 3.